The van der Waals surface area contributed by atoms with Crippen molar-refractivity contribution in [2.45, 2.75) is 26.2 Å². The molecule has 6 nitrogen and oxygen atoms in total. The number of aryl methyl sites for hydroxylation is 2. The van der Waals surface area contributed by atoms with Crippen LogP contribution in [-0.4, -0.2) is 27.3 Å². The van der Waals surface area contributed by atoms with Crippen molar-refractivity contribution in [2.75, 3.05) is 11.9 Å². The molecule has 2 aromatic heterocycles. The molecule has 1 aliphatic rings. The molecule has 0 fully saturated rings. The number of hydrogen-bond donors (Lipinski definition) is 1. The monoisotopic (exact) mass is 430 g/mol. The minimum atomic E-state index is -0.143. The normalized spacial score (nSPS) is 15.5. The molecule has 4 aromatic rings. The molecule has 31 heavy (non-hydrogen) atoms. The highest BCUT2D eigenvalue weighted by molar-refractivity contribution is 7.20. The molecule has 3 heterocycles. The molecule has 0 bridgehead atoms. The zero-order valence-corrected chi connectivity index (χ0v) is 18.2. The van der Waals surface area contributed by atoms with Gasteiger partial charge >= 0.3 is 0 Å². The van der Waals surface area contributed by atoms with Crippen molar-refractivity contribution in [3.63, 3.8) is 0 Å². The standard InChI is InChI=1S/C24H22N4O2S/c1-4-11-30-19-8-6-5-7-16(19)17-13-21(29)26-23-22(17)15(3)27-28(23)24-25-18-10-9-14(2)12-20(18)31-24/h4-10,12,17H,1,11,13H2,2-3H3,(H,26,29). The maximum atomic E-state index is 12.7. The lowest BCUT2D eigenvalue weighted by atomic mass is 9.85. The SMILES string of the molecule is C=CCOc1ccccc1C1CC(=O)Nc2c1c(C)nn2-c1nc2ccc(C)cc2s1. The Balaban J connectivity index is 1.64. The summed E-state index contributed by atoms with van der Waals surface area (Å²) in [5.74, 6) is 1.26. The Morgan fingerprint density at radius 1 is 1.29 bits per heavy atom. The molecule has 1 N–H and O–H groups in total. The fourth-order valence-corrected chi connectivity index (χ4v) is 5.13. The first-order valence-electron chi connectivity index (χ1n) is 10.1. The summed E-state index contributed by atoms with van der Waals surface area (Å²) in [4.78, 5) is 17.5. The Labute approximate surface area is 184 Å². The van der Waals surface area contributed by atoms with Crippen molar-refractivity contribution in [1.29, 1.82) is 0 Å². The predicted octanol–water partition coefficient (Wildman–Crippen LogP) is 5.14. The van der Waals surface area contributed by atoms with Crippen LogP contribution in [0.4, 0.5) is 5.82 Å². The highest BCUT2D eigenvalue weighted by atomic mass is 32.1. The minimum absolute atomic E-state index is 0.0471. The molecule has 7 heteroatoms. The molecule has 0 aliphatic carbocycles. The zero-order chi connectivity index (χ0) is 21.5. The van der Waals surface area contributed by atoms with Gasteiger partial charge in [0.1, 0.15) is 18.2 Å². The number of amides is 1. The maximum absolute atomic E-state index is 12.7. The molecule has 0 spiro atoms. The number of para-hydroxylation sites is 1. The van der Waals surface area contributed by atoms with Crippen molar-refractivity contribution in [2.24, 2.45) is 0 Å². The molecular formula is C24H22N4O2S. The fraction of sp³-hybridized carbons (Fsp3) is 0.208. The van der Waals surface area contributed by atoms with E-state index in [-0.39, 0.29) is 11.8 Å². The van der Waals surface area contributed by atoms with E-state index in [0.717, 1.165) is 37.9 Å². The summed E-state index contributed by atoms with van der Waals surface area (Å²) in [7, 11) is 0. The second kappa shape index (κ2) is 7.67. The van der Waals surface area contributed by atoms with E-state index in [1.807, 2.05) is 43.3 Å². The lowest BCUT2D eigenvalue weighted by Gasteiger charge is -2.25. The van der Waals surface area contributed by atoms with Crippen molar-refractivity contribution in [3.05, 3.63) is 77.5 Å². The number of aromatic nitrogens is 3. The first-order chi connectivity index (χ1) is 15.0. The topological polar surface area (TPSA) is 69.0 Å². The van der Waals surface area contributed by atoms with E-state index in [0.29, 0.717) is 18.8 Å². The van der Waals surface area contributed by atoms with Gasteiger partial charge in [0.2, 0.25) is 11.0 Å². The summed E-state index contributed by atoms with van der Waals surface area (Å²) in [5.41, 5.74) is 4.96. The second-order valence-corrected chi connectivity index (χ2v) is 8.68. The molecular weight excluding hydrogens is 408 g/mol. The van der Waals surface area contributed by atoms with Gasteiger partial charge in [-0.15, -0.1) is 0 Å². The summed E-state index contributed by atoms with van der Waals surface area (Å²) in [5, 5.41) is 8.55. The fourth-order valence-electron chi connectivity index (χ4n) is 4.11. The van der Waals surface area contributed by atoms with Crippen LogP contribution in [0.2, 0.25) is 0 Å². The predicted molar refractivity (Wildman–Crippen MR) is 123 cm³/mol. The van der Waals surface area contributed by atoms with Gasteiger partial charge in [-0.3, -0.25) is 4.79 Å². The van der Waals surface area contributed by atoms with Crippen molar-refractivity contribution >= 4 is 33.3 Å². The number of thiazole rings is 1. The van der Waals surface area contributed by atoms with Gasteiger partial charge in [-0.2, -0.15) is 9.78 Å². The van der Waals surface area contributed by atoms with E-state index in [4.69, 9.17) is 14.8 Å². The summed E-state index contributed by atoms with van der Waals surface area (Å²) >= 11 is 1.57. The molecule has 0 saturated carbocycles. The van der Waals surface area contributed by atoms with Crippen molar-refractivity contribution in [3.8, 4) is 10.9 Å². The van der Waals surface area contributed by atoms with Crippen molar-refractivity contribution in [1.82, 2.24) is 14.8 Å². The quantitative estimate of drug-likeness (QED) is 0.445. The van der Waals surface area contributed by atoms with Gasteiger partial charge in [-0.1, -0.05) is 48.3 Å². The number of carbonyl (C=O) groups is 1. The van der Waals surface area contributed by atoms with Crippen LogP contribution in [0, 0.1) is 13.8 Å². The van der Waals surface area contributed by atoms with Crippen LogP contribution in [0.5, 0.6) is 5.75 Å². The molecule has 0 radical (unpaired) electrons. The zero-order valence-electron chi connectivity index (χ0n) is 17.4. The Hall–Kier alpha value is -3.45. The summed E-state index contributed by atoms with van der Waals surface area (Å²) in [6, 6.07) is 14.0. The summed E-state index contributed by atoms with van der Waals surface area (Å²) < 4.78 is 8.75. The number of rotatable bonds is 5. The van der Waals surface area contributed by atoms with Gasteiger partial charge in [0, 0.05) is 23.5 Å². The van der Waals surface area contributed by atoms with Crippen LogP contribution in [0.25, 0.3) is 15.3 Å². The number of fused-ring (bicyclic) bond motifs is 2. The Kier molecular flexibility index (Phi) is 4.82. The molecule has 5 rings (SSSR count). The lowest BCUT2D eigenvalue weighted by Crippen LogP contribution is -2.25. The van der Waals surface area contributed by atoms with Crippen molar-refractivity contribution < 1.29 is 9.53 Å². The molecule has 1 unspecified atom stereocenters. The van der Waals surface area contributed by atoms with E-state index >= 15 is 0 Å². The molecule has 2 aromatic carbocycles. The summed E-state index contributed by atoms with van der Waals surface area (Å²) in [6.07, 6.45) is 2.06. The third-order valence-corrected chi connectivity index (χ3v) is 6.46. The van der Waals surface area contributed by atoms with Crippen LogP contribution in [-0.2, 0) is 4.79 Å². The molecule has 1 atom stereocenters. The largest absolute Gasteiger partial charge is 0.489 e. The molecule has 1 amide bonds. The van der Waals surface area contributed by atoms with Crippen LogP contribution in [0.15, 0.2) is 55.1 Å². The van der Waals surface area contributed by atoms with E-state index < -0.39 is 0 Å². The number of carbonyl (C=O) groups excluding carboxylic acids is 1. The molecule has 1 aliphatic heterocycles. The number of anilines is 1. The first-order valence-corrected chi connectivity index (χ1v) is 11.0. The van der Waals surface area contributed by atoms with E-state index in [1.54, 1.807) is 22.1 Å². The number of hydrogen-bond acceptors (Lipinski definition) is 5. The third-order valence-electron chi connectivity index (χ3n) is 5.47. The number of ether oxygens (including phenoxy) is 1. The Morgan fingerprint density at radius 3 is 2.97 bits per heavy atom. The van der Waals surface area contributed by atoms with Gasteiger partial charge in [0.25, 0.3) is 0 Å². The molecule has 0 saturated heterocycles. The number of benzene rings is 2. The van der Waals surface area contributed by atoms with Gasteiger partial charge in [-0.25, -0.2) is 4.98 Å². The maximum Gasteiger partial charge on any atom is 0.226 e. The van der Waals surface area contributed by atoms with E-state index in [2.05, 4.69) is 24.9 Å². The van der Waals surface area contributed by atoms with Gasteiger partial charge < -0.3 is 10.1 Å². The number of nitrogens with one attached hydrogen (secondary N) is 1. The highest BCUT2D eigenvalue weighted by Crippen LogP contribution is 2.43. The Bertz CT molecular complexity index is 1320. The van der Waals surface area contributed by atoms with Crippen LogP contribution < -0.4 is 10.1 Å². The van der Waals surface area contributed by atoms with E-state index in [1.165, 1.54) is 5.56 Å². The van der Waals surface area contributed by atoms with Gasteiger partial charge in [0.15, 0.2) is 0 Å². The van der Waals surface area contributed by atoms with E-state index in [9.17, 15) is 4.79 Å². The van der Waals surface area contributed by atoms with Gasteiger partial charge in [0.05, 0.1) is 15.9 Å². The Morgan fingerprint density at radius 2 is 2.13 bits per heavy atom. The first kappa shape index (κ1) is 19.5. The minimum Gasteiger partial charge on any atom is -0.489 e. The summed E-state index contributed by atoms with van der Waals surface area (Å²) in [6.45, 7) is 8.18. The van der Waals surface area contributed by atoms with Crippen LogP contribution >= 0.6 is 11.3 Å². The number of nitrogens with zero attached hydrogens (tertiary/aromatic N) is 3. The third kappa shape index (κ3) is 3.41. The highest BCUT2D eigenvalue weighted by Gasteiger charge is 2.34. The lowest BCUT2D eigenvalue weighted by molar-refractivity contribution is -0.116. The smallest absolute Gasteiger partial charge is 0.226 e. The van der Waals surface area contributed by atoms with Gasteiger partial charge in [-0.05, 0) is 37.6 Å². The average molecular weight is 431 g/mol. The van der Waals surface area contributed by atoms with Crippen LogP contribution in [0.3, 0.4) is 0 Å². The van der Waals surface area contributed by atoms with Crippen LogP contribution in [0.1, 0.15) is 34.7 Å². The average Bonchev–Trinajstić information content (AvgIpc) is 3.32. The molecule has 156 valence electrons. The second-order valence-electron chi connectivity index (χ2n) is 7.67.